The van der Waals surface area contributed by atoms with Crippen LogP contribution in [0.3, 0.4) is 0 Å². The first kappa shape index (κ1) is 8.44. The van der Waals surface area contributed by atoms with Crippen LogP contribution in [0.25, 0.3) is 0 Å². The Labute approximate surface area is 60.0 Å². The molecule has 0 rings (SSSR count). The Kier molecular flexibility index (Phi) is 5.88. The van der Waals surface area contributed by atoms with E-state index in [1.807, 2.05) is 7.05 Å². The lowest BCUT2D eigenvalue weighted by Gasteiger charge is -2.06. The van der Waals surface area contributed by atoms with E-state index in [1.54, 1.807) is 0 Å². The molecule has 0 aliphatic carbocycles. The molecule has 1 nitrogen and oxygen atoms in total. The molecule has 0 aromatic rings. The molecule has 0 spiro atoms. The summed E-state index contributed by atoms with van der Waals surface area (Å²) in [7, 11) is 1.99. The van der Waals surface area contributed by atoms with E-state index < -0.39 is 0 Å². The molecule has 0 amide bonds. The smallest absolute Gasteiger partial charge is 0.00343 e. The fraction of sp³-hybridized carbons (Fsp3) is 1.00. The number of hydrogen-bond donors (Lipinski definition) is 1. The van der Waals surface area contributed by atoms with Crippen molar-refractivity contribution in [2.45, 2.75) is 13.3 Å². The van der Waals surface area contributed by atoms with Crippen molar-refractivity contribution in [2.75, 3.05) is 18.9 Å². The zero-order valence-electron chi connectivity index (χ0n) is 5.58. The standard InChI is InChI=1S/C6H14BrN/c1-6(3-4-7)5-8-2/h6,8H,3-5H2,1-2H3. The van der Waals surface area contributed by atoms with Gasteiger partial charge in [-0.3, -0.25) is 0 Å². The molecule has 0 aliphatic heterocycles. The van der Waals surface area contributed by atoms with E-state index in [2.05, 4.69) is 28.2 Å². The van der Waals surface area contributed by atoms with Crippen LogP contribution in [0.5, 0.6) is 0 Å². The summed E-state index contributed by atoms with van der Waals surface area (Å²) in [5.74, 6) is 0.805. The largest absolute Gasteiger partial charge is 0.319 e. The number of alkyl halides is 1. The SMILES string of the molecule is CNCC(C)CCBr. The Hall–Kier alpha value is 0.440. The minimum atomic E-state index is 0.805. The summed E-state index contributed by atoms with van der Waals surface area (Å²) in [4.78, 5) is 0. The third-order valence-corrected chi connectivity index (χ3v) is 1.61. The maximum Gasteiger partial charge on any atom is 0.00343 e. The summed E-state index contributed by atoms with van der Waals surface area (Å²) in [6.07, 6.45) is 1.26. The molecule has 0 heterocycles. The van der Waals surface area contributed by atoms with Gasteiger partial charge in [-0.15, -0.1) is 0 Å². The fourth-order valence-corrected chi connectivity index (χ4v) is 1.42. The van der Waals surface area contributed by atoms with E-state index in [-0.39, 0.29) is 0 Å². The highest BCUT2D eigenvalue weighted by Gasteiger charge is 1.96. The zero-order chi connectivity index (χ0) is 6.41. The third-order valence-electron chi connectivity index (χ3n) is 1.15. The Bertz CT molecular complexity index is 41.8. The first-order valence-corrected chi connectivity index (χ1v) is 4.14. The lowest BCUT2D eigenvalue weighted by molar-refractivity contribution is 0.533. The van der Waals surface area contributed by atoms with E-state index >= 15 is 0 Å². The van der Waals surface area contributed by atoms with Gasteiger partial charge in [-0.25, -0.2) is 0 Å². The maximum absolute atomic E-state index is 3.39. The van der Waals surface area contributed by atoms with Gasteiger partial charge in [0.2, 0.25) is 0 Å². The zero-order valence-corrected chi connectivity index (χ0v) is 7.16. The van der Waals surface area contributed by atoms with Crippen LogP contribution in [0.15, 0.2) is 0 Å². The highest BCUT2D eigenvalue weighted by Crippen LogP contribution is 2.01. The Morgan fingerprint density at radius 3 is 2.62 bits per heavy atom. The van der Waals surface area contributed by atoms with E-state index in [9.17, 15) is 0 Å². The fourth-order valence-electron chi connectivity index (χ4n) is 0.637. The van der Waals surface area contributed by atoms with Crippen LogP contribution in [-0.4, -0.2) is 18.9 Å². The van der Waals surface area contributed by atoms with Crippen LogP contribution in [-0.2, 0) is 0 Å². The molecule has 1 unspecified atom stereocenters. The highest BCUT2D eigenvalue weighted by atomic mass is 79.9. The van der Waals surface area contributed by atoms with Crippen molar-refractivity contribution in [3.8, 4) is 0 Å². The first-order valence-electron chi connectivity index (χ1n) is 3.01. The average molecular weight is 180 g/mol. The van der Waals surface area contributed by atoms with Crippen LogP contribution in [0.2, 0.25) is 0 Å². The summed E-state index contributed by atoms with van der Waals surface area (Å²) < 4.78 is 0. The number of hydrogen-bond acceptors (Lipinski definition) is 1. The van der Waals surface area contributed by atoms with Gasteiger partial charge in [0.1, 0.15) is 0 Å². The first-order chi connectivity index (χ1) is 3.81. The molecule has 2 heteroatoms. The van der Waals surface area contributed by atoms with E-state index in [4.69, 9.17) is 0 Å². The van der Waals surface area contributed by atoms with Crippen LogP contribution < -0.4 is 5.32 Å². The van der Waals surface area contributed by atoms with Gasteiger partial charge in [-0.2, -0.15) is 0 Å². The molecule has 1 atom stereocenters. The van der Waals surface area contributed by atoms with E-state index in [1.165, 1.54) is 6.42 Å². The average Bonchev–Trinajstić information content (AvgIpc) is 1.68. The minimum absolute atomic E-state index is 0.805. The molecule has 50 valence electrons. The van der Waals surface area contributed by atoms with Gasteiger partial charge in [0.05, 0.1) is 0 Å². The van der Waals surface area contributed by atoms with E-state index in [0.29, 0.717) is 0 Å². The molecule has 0 saturated heterocycles. The summed E-state index contributed by atoms with van der Waals surface area (Å²) >= 11 is 3.39. The monoisotopic (exact) mass is 179 g/mol. The molecule has 0 aromatic heterocycles. The maximum atomic E-state index is 3.39. The van der Waals surface area contributed by atoms with Crippen molar-refractivity contribution in [2.24, 2.45) is 5.92 Å². The Morgan fingerprint density at radius 1 is 1.62 bits per heavy atom. The summed E-state index contributed by atoms with van der Waals surface area (Å²) in [5.41, 5.74) is 0. The normalized spacial score (nSPS) is 13.9. The van der Waals surface area contributed by atoms with Gasteiger partial charge in [-0.05, 0) is 25.9 Å². The molecule has 0 bridgehead atoms. The van der Waals surface area contributed by atoms with E-state index in [0.717, 1.165) is 17.8 Å². The predicted molar refractivity (Wildman–Crippen MR) is 41.5 cm³/mol. The third kappa shape index (κ3) is 4.60. The van der Waals surface area contributed by atoms with Crippen molar-refractivity contribution in [3.05, 3.63) is 0 Å². The molecular formula is C6H14BrN. The van der Waals surface area contributed by atoms with Gasteiger partial charge in [0.25, 0.3) is 0 Å². The van der Waals surface area contributed by atoms with Crippen LogP contribution >= 0.6 is 15.9 Å². The summed E-state index contributed by atoms with van der Waals surface area (Å²) in [5, 5.41) is 4.25. The minimum Gasteiger partial charge on any atom is -0.319 e. The van der Waals surface area contributed by atoms with Gasteiger partial charge in [0, 0.05) is 5.33 Å². The molecule has 8 heavy (non-hydrogen) atoms. The predicted octanol–water partition coefficient (Wildman–Crippen LogP) is 1.63. The second kappa shape index (κ2) is 5.57. The Morgan fingerprint density at radius 2 is 2.25 bits per heavy atom. The molecule has 0 fully saturated rings. The van der Waals surface area contributed by atoms with Gasteiger partial charge >= 0.3 is 0 Å². The van der Waals surface area contributed by atoms with Gasteiger partial charge < -0.3 is 5.32 Å². The molecule has 0 aliphatic rings. The van der Waals surface area contributed by atoms with Crippen molar-refractivity contribution < 1.29 is 0 Å². The number of halogens is 1. The lowest BCUT2D eigenvalue weighted by atomic mass is 10.1. The van der Waals surface area contributed by atoms with Crippen LogP contribution in [0.4, 0.5) is 0 Å². The Balaban J connectivity index is 2.92. The highest BCUT2D eigenvalue weighted by molar-refractivity contribution is 9.09. The number of rotatable bonds is 4. The van der Waals surface area contributed by atoms with Crippen molar-refractivity contribution in [1.82, 2.24) is 5.32 Å². The second-order valence-corrected chi connectivity index (χ2v) is 2.93. The molecule has 0 aromatic carbocycles. The van der Waals surface area contributed by atoms with Crippen molar-refractivity contribution in [3.63, 3.8) is 0 Å². The second-order valence-electron chi connectivity index (χ2n) is 2.14. The molecule has 0 saturated carbocycles. The summed E-state index contributed by atoms with van der Waals surface area (Å²) in [6, 6.07) is 0. The van der Waals surface area contributed by atoms with Crippen molar-refractivity contribution >= 4 is 15.9 Å². The van der Waals surface area contributed by atoms with Gasteiger partial charge in [0.15, 0.2) is 0 Å². The number of nitrogens with one attached hydrogen (secondary N) is 1. The van der Waals surface area contributed by atoms with Gasteiger partial charge in [-0.1, -0.05) is 22.9 Å². The lowest BCUT2D eigenvalue weighted by Crippen LogP contribution is -2.16. The molecule has 1 N–H and O–H groups in total. The van der Waals surface area contributed by atoms with Crippen LogP contribution in [0.1, 0.15) is 13.3 Å². The molecular weight excluding hydrogens is 166 g/mol. The van der Waals surface area contributed by atoms with Crippen LogP contribution in [0, 0.1) is 5.92 Å². The van der Waals surface area contributed by atoms with Crippen molar-refractivity contribution in [1.29, 1.82) is 0 Å². The molecule has 0 radical (unpaired) electrons. The topological polar surface area (TPSA) is 12.0 Å². The summed E-state index contributed by atoms with van der Waals surface area (Å²) in [6.45, 7) is 3.38. The quantitative estimate of drug-likeness (QED) is 0.648.